The molecule has 0 aromatic heterocycles. The average Bonchev–Trinajstić information content (AvgIpc) is 1.70. The first-order chi connectivity index (χ1) is 6.79. The van der Waals surface area contributed by atoms with Crippen molar-refractivity contribution in [2.24, 2.45) is 0 Å². The predicted molar refractivity (Wildman–Crippen MR) is 45.9 cm³/mol. The minimum absolute atomic E-state index is 0. The summed E-state index contributed by atoms with van der Waals surface area (Å²) in [5.41, 5.74) is 0. The monoisotopic (exact) mass is 365 g/mol. The summed E-state index contributed by atoms with van der Waals surface area (Å²) in [6, 6.07) is 0. The SMILES string of the molecule is O=P([O-])([O-])CN(CP(=O)([O-])O)CP(=O)(O)O.[Na+].[Na+].[Na+]. The van der Waals surface area contributed by atoms with Crippen molar-refractivity contribution in [2.45, 2.75) is 0 Å². The van der Waals surface area contributed by atoms with E-state index < -0.39 is 41.6 Å². The van der Waals surface area contributed by atoms with Gasteiger partial charge in [0.2, 0.25) is 0 Å². The zero-order chi connectivity index (χ0) is 13.2. The molecule has 0 rings (SSSR count). The standard InChI is InChI=1S/C3H12NO9P3.3Na/c5-14(6,7)1-4(2-15(8,9)10)3-16(11,12)13;;;/h1-3H2,(H2,5,6,7)(H2,8,9,10)(H2,11,12,13);;;/q;3*+1/p-3. The molecule has 0 fully saturated rings. The van der Waals surface area contributed by atoms with Crippen LogP contribution in [0, 0.1) is 0 Å². The van der Waals surface area contributed by atoms with Gasteiger partial charge in [-0.05, 0) is 0 Å². The molecule has 0 heterocycles. The van der Waals surface area contributed by atoms with E-state index in [4.69, 9.17) is 14.7 Å². The number of rotatable bonds is 6. The van der Waals surface area contributed by atoms with Crippen molar-refractivity contribution in [3.05, 3.63) is 0 Å². The van der Waals surface area contributed by atoms with Crippen LogP contribution in [0.25, 0.3) is 0 Å². The van der Waals surface area contributed by atoms with E-state index >= 15 is 0 Å². The second kappa shape index (κ2) is 11.9. The normalized spacial score (nSPS) is 14.7. The number of hydrogen-bond acceptors (Lipinski definition) is 7. The Labute approximate surface area is 176 Å². The van der Waals surface area contributed by atoms with Gasteiger partial charge in [0.15, 0.2) is 0 Å². The summed E-state index contributed by atoms with van der Waals surface area (Å²) in [5, 5.41) is 0. The molecule has 1 unspecified atom stereocenters. The summed E-state index contributed by atoms with van der Waals surface area (Å²) in [4.78, 5) is 56.6. The van der Waals surface area contributed by atoms with E-state index in [1.165, 1.54) is 0 Å². The van der Waals surface area contributed by atoms with Gasteiger partial charge in [0.25, 0.3) is 0 Å². The topological polar surface area (TPSA) is 184 Å². The van der Waals surface area contributed by atoms with Crippen LogP contribution in [-0.4, -0.2) is 38.4 Å². The third-order valence-electron chi connectivity index (χ3n) is 1.14. The van der Waals surface area contributed by atoms with Crippen LogP contribution >= 0.6 is 22.8 Å². The minimum Gasteiger partial charge on any atom is -0.810 e. The first-order valence-corrected chi connectivity index (χ1v) is 8.88. The molecule has 0 saturated heterocycles. The molecule has 0 radical (unpaired) electrons. The van der Waals surface area contributed by atoms with E-state index in [9.17, 15) is 28.4 Å². The molecule has 16 heteroatoms. The van der Waals surface area contributed by atoms with Gasteiger partial charge in [-0.2, -0.15) is 0 Å². The van der Waals surface area contributed by atoms with Gasteiger partial charge < -0.3 is 38.5 Å². The quantitative estimate of drug-likeness (QED) is 0.302. The van der Waals surface area contributed by atoms with Gasteiger partial charge in [0, 0.05) is 6.29 Å². The maximum Gasteiger partial charge on any atom is 1.00 e. The van der Waals surface area contributed by atoms with Crippen molar-refractivity contribution in [2.75, 3.05) is 18.9 Å². The zero-order valence-electron chi connectivity index (χ0n) is 10.7. The van der Waals surface area contributed by atoms with Crippen molar-refractivity contribution in [3.63, 3.8) is 0 Å². The number of hydrogen-bond donors (Lipinski definition) is 3. The van der Waals surface area contributed by atoms with Crippen LogP contribution in [0.1, 0.15) is 0 Å². The molecule has 0 spiro atoms. The third kappa shape index (κ3) is 23.8. The molecular weight excluding hydrogens is 356 g/mol. The van der Waals surface area contributed by atoms with Crippen LogP contribution in [0.5, 0.6) is 0 Å². The Morgan fingerprint density at radius 1 is 0.789 bits per heavy atom. The third-order valence-corrected chi connectivity index (χ3v) is 3.41. The van der Waals surface area contributed by atoms with Crippen molar-refractivity contribution in [1.82, 2.24) is 4.90 Å². The summed E-state index contributed by atoms with van der Waals surface area (Å²) in [6.45, 7) is 0. The van der Waals surface area contributed by atoms with E-state index in [1.54, 1.807) is 0 Å². The molecule has 0 aromatic rings. The molecule has 0 aliphatic heterocycles. The second-order valence-electron chi connectivity index (χ2n) is 3.01. The minimum atomic E-state index is -5.18. The van der Waals surface area contributed by atoms with Gasteiger partial charge >= 0.3 is 96.3 Å². The van der Waals surface area contributed by atoms with E-state index in [0.717, 1.165) is 0 Å². The summed E-state index contributed by atoms with van der Waals surface area (Å²) in [6.07, 6.45) is -3.98. The molecule has 0 aromatic carbocycles. The smallest absolute Gasteiger partial charge is 0.810 e. The first kappa shape index (κ1) is 30.3. The van der Waals surface area contributed by atoms with Gasteiger partial charge in [0.1, 0.15) is 13.9 Å². The molecule has 0 aliphatic rings. The Morgan fingerprint density at radius 2 is 1.16 bits per heavy atom. The van der Waals surface area contributed by atoms with Crippen molar-refractivity contribution in [3.8, 4) is 0 Å². The largest absolute Gasteiger partial charge is 1.00 e. The molecule has 0 aliphatic carbocycles. The molecule has 98 valence electrons. The van der Waals surface area contributed by atoms with E-state index in [0.29, 0.717) is 0 Å². The van der Waals surface area contributed by atoms with E-state index in [2.05, 4.69) is 0 Å². The van der Waals surface area contributed by atoms with Crippen LogP contribution in [-0.2, 0) is 13.7 Å². The maximum absolute atomic E-state index is 10.5. The number of nitrogens with zero attached hydrogens (tertiary/aromatic N) is 1. The zero-order valence-corrected chi connectivity index (χ0v) is 19.4. The van der Waals surface area contributed by atoms with Crippen LogP contribution in [0.4, 0.5) is 0 Å². The molecule has 0 saturated carbocycles. The van der Waals surface area contributed by atoms with Crippen molar-refractivity contribution in [1.29, 1.82) is 0 Å². The Balaban J connectivity index is -0.000000375. The Kier molecular flexibility index (Phi) is 18.9. The van der Waals surface area contributed by atoms with E-state index in [-0.39, 0.29) is 93.6 Å². The fourth-order valence-corrected chi connectivity index (χ4v) is 3.48. The Bertz CT molecular complexity index is 317. The van der Waals surface area contributed by atoms with Gasteiger partial charge in [-0.3, -0.25) is 9.46 Å². The summed E-state index contributed by atoms with van der Waals surface area (Å²) >= 11 is 0. The van der Waals surface area contributed by atoms with Gasteiger partial charge in [-0.1, -0.05) is 7.60 Å². The summed E-state index contributed by atoms with van der Waals surface area (Å²) < 4.78 is 31.2. The molecule has 19 heavy (non-hydrogen) atoms. The van der Waals surface area contributed by atoms with Crippen molar-refractivity contribution < 1.29 is 132 Å². The first-order valence-electron chi connectivity index (χ1n) is 3.59. The second-order valence-corrected chi connectivity index (χ2v) is 7.68. The van der Waals surface area contributed by atoms with Crippen LogP contribution in [0.3, 0.4) is 0 Å². The van der Waals surface area contributed by atoms with Gasteiger partial charge in [-0.15, -0.1) is 0 Å². The van der Waals surface area contributed by atoms with Gasteiger partial charge in [-0.25, -0.2) is 0 Å². The van der Waals surface area contributed by atoms with Crippen LogP contribution in [0.15, 0.2) is 0 Å². The Morgan fingerprint density at radius 3 is 1.37 bits per heavy atom. The van der Waals surface area contributed by atoms with Crippen molar-refractivity contribution >= 4 is 22.8 Å². The average molecular weight is 365 g/mol. The molecule has 10 nitrogen and oxygen atoms in total. The summed E-state index contributed by atoms with van der Waals surface area (Å²) in [5.74, 6) is 0. The fourth-order valence-electron chi connectivity index (χ4n) is 0.892. The van der Waals surface area contributed by atoms with Gasteiger partial charge in [0.05, 0.1) is 6.29 Å². The maximum atomic E-state index is 10.5. The molecule has 3 N–H and O–H groups in total. The predicted octanol–water partition coefficient (Wildman–Crippen LogP) is -12.2. The van der Waals surface area contributed by atoms with E-state index in [1.807, 2.05) is 0 Å². The molecule has 1 atom stereocenters. The molecule has 0 bridgehead atoms. The Hall–Kier alpha value is 3.41. The van der Waals surface area contributed by atoms with Crippen LogP contribution < -0.4 is 103 Å². The van der Waals surface area contributed by atoms with Crippen LogP contribution in [0.2, 0.25) is 0 Å². The molecular formula is C3H9NNa3O9P3. The summed E-state index contributed by atoms with van der Waals surface area (Å²) in [7, 11) is -14.9. The molecule has 0 amide bonds. The fraction of sp³-hybridized carbons (Fsp3) is 1.00.